The molecule has 1 heterocycles. The summed E-state index contributed by atoms with van der Waals surface area (Å²) in [6.45, 7) is 3.90. The summed E-state index contributed by atoms with van der Waals surface area (Å²) in [5, 5.41) is 3.88. The van der Waals surface area contributed by atoms with Crippen LogP contribution in [0.5, 0.6) is 0 Å². The lowest BCUT2D eigenvalue weighted by molar-refractivity contribution is 0.196. The van der Waals surface area contributed by atoms with E-state index in [9.17, 15) is 0 Å². The Bertz CT molecular complexity index is 440. The number of nitrogens with zero attached hydrogens (tertiary/aromatic N) is 1. The Hall–Kier alpha value is -1.06. The summed E-state index contributed by atoms with van der Waals surface area (Å²) in [6.07, 6.45) is 6.74. The standard InChI is InChI=1S/C17H26N2O/c1-20-12-11-19-14-17(9-5-2-6-10-17)18-13-15-7-3-4-8-16(15)19/h3-4,7-8,18H,2,5-6,9-14H2,1H3. The summed E-state index contributed by atoms with van der Waals surface area (Å²) in [7, 11) is 1.79. The summed E-state index contributed by atoms with van der Waals surface area (Å²) >= 11 is 0. The molecule has 1 aliphatic carbocycles. The maximum atomic E-state index is 5.31. The molecule has 0 atom stereocenters. The lowest BCUT2D eigenvalue weighted by Gasteiger charge is -2.40. The van der Waals surface area contributed by atoms with Gasteiger partial charge in [0.1, 0.15) is 0 Å². The van der Waals surface area contributed by atoms with E-state index in [0.717, 1.165) is 26.2 Å². The van der Waals surface area contributed by atoms with E-state index in [2.05, 4.69) is 34.5 Å². The van der Waals surface area contributed by atoms with E-state index in [4.69, 9.17) is 4.74 Å². The Morgan fingerprint density at radius 3 is 2.80 bits per heavy atom. The predicted octanol–water partition coefficient (Wildman–Crippen LogP) is 2.95. The fourth-order valence-electron chi connectivity index (χ4n) is 3.72. The average molecular weight is 274 g/mol. The normalized spacial score (nSPS) is 21.6. The van der Waals surface area contributed by atoms with Crippen molar-refractivity contribution in [2.24, 2.45) is 0 Å². The third-order valence-electron chi connectivity index (χ3n) is 4.86. The highest BCUT2D eigenvalue weighted by molar-refractivity contribution is 5.55. The monoisotopic (exact) mass is 274 g/mol. The van der Waals surface area contributed by atoms with Crippen molar-refractivity contribution >= 4 is 5.69 Å². The molecule has 0 saturated heterocycles. The first kappa shape index (κ1) is 13.9. The first-order chi connectivity index (χ1) is 9.83. The molecule has 3 nitrogen and oxygen atoms in total. The van der Waals surface area contributed by atoms with Gasteiger partial charge >= 0.3 is 0 Å². The molecule has 1 N–H and O–H groups in total. The van der Waals surface area contributed by atoms with Crippen molar-refractivity contribution in [1.29, 1.82) is 0 Å². The molecule has 3 rings (SSSR count). The third-order valence-corrected chi connectivity index (χ3v) is 4.86. The summed E-state index contributed by atoms with van der Waals surface area (Å²) in [6, 6.07) is 8.81. The Balaban J connectivity index is 1.86. The number of hydrogen-bond acceptors (Lipinski definition) is 3. The number of para-hydroxylation sites is 1. The minimum atomic E-state index is 0.311. The van der Waals surface area contributed by atoms with Crippen molar-refractivity contribution in [2.75, 3.05) is 31.7 Å². The second kappa shape index (κ2) is 6.15. The van der Waals surface area contributed by atoms with Crippen LogP contribution in [0, 0.1) is 0 Å². The maximum absolute atomic E-state index is 5.31. The third kappa shape index (κ3) is 2.84. The minimum Gasteiger partial charge on any atom is -0.383 e. The zero-order valence-corrected chi connectivity index (χ0v) is 12.5. The van der Waals surface area contributed by atoms with Crippen LogP contribution in [0.1, 0.15) is 37.7 Å². The van der Waals surface area contributed by atoms with Crippen molar-refractivity contribution in [3.63, 3.8) is 0 Å². The van der Waals surface area contributed by atoms with E-state index >= 15 is 0 Å². The van der Waals surface area contributed by atoms with Crippen molar-refractivity contribution in [2.45, 2.75) is 44.2 Å². The average Bonchev–Trinajstić information content (AvgIpc) is 2.64. The van der Waals surface area contributed by atoms with Gasteiger partial charge in [-0.1, -0.05) is 37.5 Å². The maximum Gasteiger partial charge on any atom is 0.0637 e. The molecule has 1 spiro atoms. The van der Waals surface area contributed by atoms with Crippen LogP contribution in [0.15, 0.2) is 24.3 Å². The Kier molecular flexibility index (Phi) is 4.27. The molecule has 0 amide bonds. The lowest BCUT2D eigenvalue weighted by atomic mass is 9.81. The van der Waals surface area contributed by atoms with Crippen LogP contribution in [0.2, 0.25) is 0 Å². The smallest absolute Gasteiger partial charge is 0.0637 e. The van der Waals surface area contributed by atoms with Crippen LogP contribution in [-0.2, 0) is 11.3 Å². The highest BCUT2D eigenvalue weighted by Crippen LogP contribution is 2.34. The van der Waals surface area contributed by atoms with Crippen LogP contribution in [0.3, 0.4) is 0 Å². The van der Waals surface area contributed by atoms with Gasteiger partial charge in [0.2, 0.25) is 0 Å². The largest absolute Gasteiger partial charge is 0.383 e. The predicted molar refractivity (Wildman–Crippen MR) is 83.2 cm³/mol. The van der Waals surface area contributed by atoms with Gasteiger partial charge in [-0.2, -0.15) is 0 Å². The lowest BCUT2D eigenvalue weighted by Crippen LogP contribution is -2.53. The van der Waals surface area contributed by atoms with Crippen molar-refractivity contribution in [3.8, 4) is 0 Å². The van der Waals surface area contributed by atoms with Crippen LogP contribution in [-0.4, -0.2) is 32.3 Å². The van der Waals surface area contributed by atoms with Crippen molar-refractivity contribution < 1.29 is 4.74 Å². The van der Waals surface area contributed by atoms with E-state index in [1.807, 2.05) is 0 Å². The first-order valence-electron chi connectivity index (χ1n) is 7.90. The molecule has 0 unspecified atom stereocenters. The number of anilines is 1. The topological polar surface area (TPSA) is 24.5 Å². The van der Waals surface area contributed by atoms with Gasteiger partial charge in [0.05, 0.1) is 6.61 Å². The van der Waals surface area contributed by atoms with Gasteiger partial charge < -0.3 is 15.0 Å². The van der Waals surface area contributed by atoms with E-state index < -0.39 is 0 Å². The van der Waals surface area contributed by atoms with Gasteiger partial charge in [-0.25, -0.2) is 0 Å². The fraction of sp³-hybridized carbons (Fsp3) is 0.647. The van der Waals surface area contributed by atoms with E-state index in [-0.39, 0.29) is 0 Å². The SMILES string of the molecule is COCCN1CC2(CCCCC2)NCc2ccccc21. The van der Waals surface area contributed by atoms with Crippen LogP contribution >= 0.6 is 0 Å². The highest BCUT2D eigenvalue weighted by Gasteiger charge is 2.35. The summed E-state index contributed by atoms with van der Waals surface area (Å²) in [4.78, 5) is 2.53. The molecule has 20 heavy (non-hydrogen) atoms. The van der Waals surface area contributed by atoms with Gasteiger partial charge in [-0.15, -0.1) is 0 Å². The Labute approximate surface area is 122 Å². The molecule has 0 radical (unpaired) electrons. The molecule has 2 aliphatic rings. The first-order valence-corrected chi connectivity index (χ1v) is 7.90. The highest BCUT2D eigenvalue weighted by atomic mass is 16.5. The zero-order valence-electron chi connectivity index (χ0n) is 12.5. The molecular weight excluding hydrogens is 248 g/mol. The van der Waals surface area contributed by atoms with Gasteiger partial charge in [-0.05, 0) is 24.5 Å². The minimum absolute atomic E-state index is 0.311. The van der Waals surface area contributed by atoms with Gasteiger partial charge in [0.25, 0.3) is 0 Å². The number of rotatable bonds is 3. The summed E-state index contributed by atoms with van der Waals surface area (Å²) < 4.78 is 5.31. The number of nitrogens with one attached hydrogen (secondary N) is 1. The van der Waals surface area contributed by atoms with Gasteiger partial charge in [0, 0.05) is 38.0 Å². The van der Waals surface area contributed by atoms with Crippen molar-refractivity contribution in [1.82, 2.24) is 5.32 Å². The molecule has 0 bridgehead atoms. The zero-order chi connectivity index (χ0) is 13.8. The Morgan fingerprint density at radius 1 is 1.20 bits per heavy atom. The number of methoxy groups -OCH3 is 1. The van der Waals surface area contributed by atoms with E-state index in [1.54, 1.807) is 7.11 Å². The molecule has 1 aliphatic heterocycles. The van der Waals surface area contributed by atoms with E-state index in [0.29, 0.717) is 5.54 Å². The summed E-state index contributed by atoms with van der Waals surface area (Å²) in [5.74, 6) is 0. The Morgan fingerprint density at radius 2 is 2.00 bits per heavy atom. The number of benzene rings is 1. The van der Waals surface area contributed by atoms with Crippen LogP contribution < -0.4 is 10.2 Å². The van der Waals surface area contributed by atoms with Gasteiger partial charge in [-0.3, -0.25) is 0 Å². The number of ether oxygens (including phenoxy) is 1. The van der Waals surface area contributed by atoms with Crippen LogP contribution in [0.25, 0.3) is 0 Å². The van der Waals surface area contributed by atoms with Gasteiger partial charge in [0.15, 0.2) is 0 Å². The second-order valence-electron chi connectivity index (χ2n) is 6.24. The molecule has 1 aromatic rings. The molecule has 3 heteroatoms. The quantitative estimate of drug-likeness (QED) is 0.917. The number of hydrogen-bond donors (Lipinski definition) is 1. The summed E-state index contributed by atoms with van der Waals surface area (Å²) in [5.41, 5.74) is 3.12. The molecular formula is C17H26N2O. The fourth-order valence-corrected chi connectivity index (χ4v) is 3.72. The molecule has 1 fully saturated rings. The second-order valence-corrected chi connectivity index (χ2v) is 6.24. The molecule has 110 valence electrons. The molecule has 1 aromatic carbocycles. The van der Waals surface area contributed by atoms with Crippen LogP contribution in [0.4, 0.5) is 5.69 Å². The van der Waals surface area contributed by atoms with Crippen molar-refractivity contribution in [3.05, 3.63) is 29.8 Å². The van der Waals surface area contributed by atoms with E-state index in [1.165, 1.54) is 43.4 Å². The molecule has 1 saturated carbocycles. The molecule has 0 aromatic heterocycles. The number of fused-ring (bicyclic) bond motifs is 1.